The van der Waals surface area contributed by atoms with Crippen molar-refractivity contribution in [1.29, 1.82) is 0 Å². The van der Waals surface area contributed by atoms with E-state index in [1.54, 1.807) is 25.7 Å². The van der Waals surface area contributed by atoms with E-state index in [1.165, 1.54) is 11.8 Å². The van der Waals surface area contributed by atoms with Crippen molar-refractivity contribution in [2.24, 2.45) is 0 Å². The van der Waals surface area contributed by atoms with Gasteiger partial charge in [0.05, 0.1) is 5.56 Å². The van der Waals surface area contributed by atoms with Crippen LogP contribution in [0.3, 0.4) is 0 Å². The number of benzene rings is 1. The SMILES string of the molecule is CC(C)(C)OC(=O)N1CC(SCc2ccc(C(F)(F)F)cc2F)C1. The molecule has 0 unspecified atom stereocenters. The normalized spacial score (nSPS) is 16.0. The minimum atomic E-state index is -4.55. The van der Waals surface area contributed by atoms with Crippen LogP contribution < -0.4 is 0 Å². The van der Waals surface area contributed by atoms with Crippen molar-refractivity contribution in [3.63, 3.8) is 0 Å². The van der Waals surface area contributed by atoms with Crippen LogP contribution in [0.25, 0.3) is 0 Å². The summed E-state index contributed by atoms with van der Waals surface area (Å²) in [5.74, 6) is -0.600. The van der Waals surface area contributed by atoms with E-state index in [2.05, 4.69) is 0 Å². The third-order valence-electron chi connectivity index (χ3n) is 3.35. The Hall–Kier alpha value is -1.44. The Morgan fingerprint density at radius 2 is 1.92 bits per heavy atom. The number of halogens is 4. The zero-order chi connectivity index (χ0) is 18.1. The maximum absolute atomic E-state index is 13.7. The van der Waals surface area contributed by atoms with Crippen LogP contribution >= 0.6 is 11.8 Å². The molecular weight excluding hydrogens is 346 g/mol. The Balaban J connectivity index is 1.81. The molecule has 0 atom stereocenters. The number of nitrogens with zero attached hydrogens (tertiary/aromatic N) is 1. The number of hydrogen-bond donors (Lipinski definition) is 0. The zero-order valence-corrected chi connectivity index (χ0v) is 14.4. The lowest BCUT2D eigenvalue weighted by Gasteiger charge is -2.39. The van der Waals surface area contributed by atoms with Gasteiger partial charge in [0.1, 0.15) is 11.4 Å². The molecule has 1 saturated heterocycles. The lowest BCUT2D eigenvalue weighted by molar-refractivity contribution is -0.137. The molecule has 0 N–H and O–H groups in total. The minimum Gasteiger partial charge on any atom is -0.444 e. The number of ether oxygens (including phenoxy) is 1. The number of hydrogen-bond acceptors (Lipinski definition) is 3. The molecule has 1 aliphatic heterocycles. The third kappa shape index (κ3) is 5.03. The highest BCUT2D eigenvalue weighted by Crippen LogP contribution is 2.32. The number of likely N-dealkylation sites (tertiary alicyclic amines) is 1. The second-order valence-corrected chi connectivity index (χ2v) is 7.91. The van der Waals surface area contributed by atoms with Gasteiger partial charge in [-0.1, -0.05) is 6.07 Å². The van der Waals surface area contributed by atoms with E-state index in [1.807, 2.05) is 0 Å². The molecule has 0 saturated carbocycles. The predicted octanol–water partition coefficient (Wildman–Crippen LogP) is 4.70. The molecule has 1 fully saturated rings. The summed E-state index contributed by atoms with van der Waals surface area (Å²) in [7, 11) is 0. The van der Waals surface area contributed by atoms with Gasteiger partial charge in [0.2, 0.25) is 0 Å². The number of alkyl halides is 3. The molecule has 1 aromatic rings. The minimum absolute atomic E-state index is 0.124. The van der Waals surface area contributed by atoms with Crippen molar-refractivity contribution < 1.29 is 27.1 Å². The molecule has 0 aliphatic carbocycles. The van der Waals surface area contributed by atoms with Crippen LogP contribution in [0.4, 0.5) is 22.4 Å². The van der Waals surface area contributed by atoms with Crippen molar-refractivity contribution in [1.82, 2.24) is 4.90 Å². The Bertz CT molecular complexity index is 607. The van der Waals surface area contributed by atoms with Crippen LogP contribution in [-0.4, -0.2) is 34.9 Å². The first-order valence-corrected chi connectivity index (χ1v) is 8.46. The van der Waals surface area contributed by atoms with Gasteiger partial charge in [0, 0.05) is 24.1 Å². The summed E-state index contributed by atoms with van der Waals surface area (Å²) in [5.41, 5.74) is -1.32. The highest BCUT2D eigenvalue weighted by Gasteiger charge is 2.34. The maximum Gasteiger partial charge on any atom is 0.416 e. The second kappa shape index (κ2) is 6.82. The summed E-state index contributed by atoms with van der Waals surface area (Å²) in [4.78, 5) is 13.3. The molecule has 1 amide bonds. The number of amides is 1. The van der Waals surface area contributed by atoms with Gasteiger partial charge in [0.15, 0.2) is 0 Å². The highest BCUT2D eigenvalue weighted by atomic mass is 32.2. The molecule has 3 nitrogen and oxygen atoms in total. The van der Waals surface area contributed by atoms with Gasteiger partial charge in [-0.2, -0.15) is 13.2 Å². The topological polar surface area (TPSA) is 29.5 Å². The van der Waals surface area contributed by atoms with E-state index in [0.717, 1.165) is 12.1 Å². The molecule has 134 valence electrons. The van der Waals surface area contributed by atoms with Gasteiger partial charge < -0.3 is 9.64 Å². The van der Waals surface area contributed by atoms with Crippen LogP contribution in [0.1, 0.15) is 31.9 Å². The molecule has 0 radical (unpaired) electrons. The van der Waals surface area contributed by atoms with E-state index in [9.17, 15) is 22.4 Å². The Kier molecular flexibility index (Phi) is 5.37. The Labute approximate surface area is 142 Å². The van der Waals surface area contributed by atoms with Crippen molar-refractivity contribution in [3.8, 4) is 0 Å². The Morgan fingerprint density at radius 3 is 2.42 bits per heavy atom. The van der Waals surface area contributed by atoms with Gasteiger partial charge in [-0.15, -0.1) is 11.8 Å². The molecular formula is C16H19F4NO2S. The number of thioether (sulfide) groups is 1. The summed E-state index contributed by atoms with van der Waals surface area (Å²) in [5, 5.41) is 0.124. The summed E-state index contributed by atoms with van der Waals surface area (Å²) < 4.78 is 56.5. The summed E-state index contributed by atoms with van der Waals surface area (Å²) in [6, 6.07) is 2.56. The van der Waals surface area contributed by atoms with Crippen molar-refractivity contribution in [2.75, 3.05) is 13.1 Å². The quantitative estimate of drug-likeness (QED) is 0.728. The molecule has 8 heteroatoms. The van der Waals surface area contributed by atoms with E-state index in [0.29, 0.717) is 19.2 Å². The van der Waals surface area contributed by atoms with Gasteiger partial charge in [0.25, 0.3) is 0 Å². The van der Waals surface area contributed by atoms with Gasteiger partial charge in [-0.05, 0) is 38.5 Å². The Morgan fingerprint density at radius 1 is 1.29 bits per heavy atom. The number of carbonyl (C=O) groups is 1. The molecule has 0 bridgehead atoms. The average molecular weight is 365 g/mol. The molecule has 1 aliphatic rings. The molecule has 24 heavy (non-hydrogen) atoms. The lowest BCUT2D eigenvalue weighted by atomic mass is 10.1. The lowest BCUT2D eigenvalue weighted by Crippen LogP contribution is -2.53. The highest BCUT2D eigenvalue weighted by molar-refractivity contribution is 7.99. The smallest absolute Gasteiger partial charge is 0.416 e. The largest absolute Gasteiger partial charge is 0.444 e. The average Bonchev–Trinajstić information content (AvgIpc) is 2.35. The molecule has 1 heterocycles. The standard InChI is InChI=1S/C16H19F4NO2S/c1-15(2,3)23-14(22)21-7-12(8-21)24-9-10-4-5-11(6-13(10)17)16(18,19)20/h4-6,12H,7-9H2,1-3H3. The monoisotopic (exact) mass is 365 g/mol. The second-order valence-electron chi connectivity index (χ2n) is 6.62. The van der Waals surface area contributed by atoms with E-state index < -0.39 is 23.2 Å². The van der Waals surface area contributed by atoms with Crippen molar-refractivity contribution in [2.45, 2.75) is 43.6 Å². The molecule has 1 aromatic carbocycles. The van der Waals surface area contributed by atoms with Gasteiger partial charge in [-0.25, -0.2) is 9.18 Å². The number of rotatable bonds is 3. The zero-order valence-electron chi connectivity index (χ0n) is 13.6. The summed E-state index contributed by atoms with van der Waals surface area (Å²) in [6.07, 6.45) is -4.94. The van der Waals surface area contributed by atoms with Gasteiger partial charge >= 0.3 is 12.3 Å². The van der Waals surface area contributed by atoms with E-state index >= 15 is 0 Å². The van der Waals surface area contributed by atoms with Crippen molar-refractivity contribution >= 4 is 17.9 Å². The maximum atomic E-state index is 13.7. The molecule has 0 spiro atoms. The first-order valence-electron chi connectivity index (χ1n) is 7.41. The van der Waals surface area contributed by atoms with E-state index in [4.69, 9.17) is 4.74 Å². The fraction of sp³-hybridized carbons (Fsp3) is 0.562. The predicted molar refractivity (Wildman–Crippen MR) is 84.3 cm³/mol. The van der Waals surface area contributed by atoms with Crippen LogP contribution in [0.5, 0.6) is 0 Å². The first-order chi connectivity index (χ1) is 11.0. The van der Waals surface area contributed by atoms with Crippen LogP contribution in [0.2, 0.25) is 0 Å². The van der Waals surface area contributed by atoms with Crippen molar-refractivity contribution in [3.05, 3.63) is 35.1 Å². The molecule has 0 aromatic heterocycles. The van der Waals surface area contributed by atoms with Crippen LogP contribution in [-0.2, 0) is 16.7 Å². The third-order valence-corrected chi connectivity index (χ3v) is 4.60. The van der Waals surface area contributed by atoms with Crippen LogP contribution in [0, 0.1) is 5.82 Å². The number of carbonyl (C=O) groups excluding carboxylic acids is 1. The fourth-order valence-electron chi connectivity index (χ4n) is 2.07. The first kappa shape index (κ1) is 18.9. The van der Waals surface area contributed by atoms with Gasteiger partial charge in [-0.3, -0.25) is 0 Å². The summed E-state index contributed by atoms with van der Waals surface area (Å²) in [6.45, 7) is 6.32. The molecule has 2 rings (SSSR count). The summed E-state index contributed by atoms with van der Waals surface area (Å²) >= 11 is 1.41. The van der Waals surface area contributed by atoms with E-state index in [-0.39, 0.29) is 22.7 Å². The van der Waals surface area contributed by atoms with Crippen LogP contribution in [0.15, 0.2) is 18.2 Å². The fourth-order valence-corrected chi connectivity index (χ4v) is 3.29.